The Bertz CT molecular complexity index is 618. The minimum Gasteiger partial charge on any atom is -0.390 e. The van der Waals surface area contributed by atoms with Crippen molar-refractivity contribution >= 4 is 21.8 Å². The Labute approximate surface area is 135 Å². The molecule has 0 radical (unpaired) electrons. The Morgan fingerprint density at radius 3 is 2.73 bits per heavy atom. The van der Waals surface area contributed by atoms with Gasteiger partial charge in [-0.25, -0.2) is 0 Å². The summed E-state index contributed by atoms with van der Waals surface area (Å²) in [6.07, 6.45) is -0.253. The van der Waals surface area contributed by atoms with Crippen LogP contribution in [0.2, 0.25) is 5.02 Å². The molecule has 2 rings (SSSR count). The minimum absolute atomic E-state index is 0.364. The Hall–Kier alpha value is -0.710. The third-order valence-corrected chi connectivity index (χ3v) is 5.83. The Morgan fingerprint density at radius 2 is 2.23 bits per heavy atom. The molecule has 8 nitrogen and oxygen atoms in total. The number of β-amino-alcohol motifs (C(OH)–C–C–N with tert-alkyl or cyclic N) is 1. The number of H-pyrrole nitrogens is 1. The first-order valence-corrected chi connectivity index (χ1v) is 8.82. The molecular formula is C12H22ClN5O3S. The van der Waals surface area contributed by atoms with Gasteiger partial charge in [-0.05, 0) is 13.3 Å². The Balaban J connectivity index is 1.94. The molecule has 126 valence electrons. The lowest BCUT2D eigenvalue weighted by Gasteiger charge is -2.36. The molecule has 0 saturated carbocycles. The van der Waals surface area contributed by atoms with Crippen molar-refractivity contribution in [3.8, 4) is 0 Å². The number of nitrogens with one attached hydrogen (secondary N) is 2. The highest BCUT2D eigenvalue weighted by Gasteiger charge is 2.32. The zero-order chi connectivity index (χ0) is 16.5. The largest absolute Gasteiger partial charge is 0.390 e. The number of aromatic amines is 1. The van der Waals surface area contributed by atoms with E-state index in [9.17, 15) is 13.5 Å². The van der Waals surface area contributed by atoms with Crippen LogP contribution >= 0.6 is 11.6 Å². The topological polar surface area (TPSA) is 102 Å². The quantitative estimate of drug-likeness (QED) is 0.676. The number of likely N-dealkylation sites (tertiary alicyclic amines) is 1. The van der Waals surface area contributed by atoms with E-state index in [0.717, 1.165) is 15.7 Å². The normalized spacial score (nSPS) is 24.1. The lowest BCUT2D eigenvalue weighted by molar-refractivity contribution is 0.0436. The second-order valence-electron chi connectivity index (χ2n) is 5.71. The number of halogens is 1. The molecule has 1 aliphatic rings. The average molecular weight is 352 g/mol. The molecule has 0 aliphatic carbocycles. The third kappa shape index (κ3) is 3.98. The highest BCUT2D eigenvalue weighted by Crippen LogP contribution is 2.21. The van der Waals surface area contributed by atoms with Crippen molar-refractivity contribution in [2.24, 2.45) is 0 Å². The zero-order valence-corrected chi connectivity index (χ0v) is 14.4. The highest BCUT2D eigenvalue weighted by atomic mass is 35.5. The number of aliphatic hydroxyl groups excluding tert-OH is 1. The summed E-state index contributed by atoms with van der Waals surface area (Å²) in [7, 11) is -0.644. The van der Waals surface area contributed by atoms with E-state index in [4.69, 9.17) is 11.6 Å². The molecule has 0 aromatic carbocycles. The van der Waals surface area contributed by atoms with Crippen molar-refractivity contribution in [3.63, 3.8) is 0 Å². The maximum atomic E-state index is 11.8. The van der Waals surface area contributed by atoms with Gasteiger partial charge in [0.25, 0.3) is 10.2 Å². The fourth-order valence-electron chi connectivity index (χ4n) is 2.36. The maximum Gasteiger partial charge on any atom is 0.279 e. The van der Waals surface area contributed by atoms with Gasteiger partial charge in [-0.3, -0.25) is 10.00 Å². The summed E-state index contributed by atoms with van der Waals surface area (Å²) >= 11 is 6.13. The van der Waals surface area contributed by atoms with Crippen molar-refractivity contribution in [2.75, 3.05) is 27.2 Å². The molecule has 1 aromatic heterocycles. The zero-order valence-electron chi connectivity index (χ0n) is 12.9. The van der Waals surface area contributed by atoms with Crippen LogP contribution < -0.4 is 4.72 Å². The summed E-state index contributed by atoms with van der Waals surface area (Å²) in [4.78, 5) is 2.01. The van der Waals surface area contributed by atoms with E-state index in [1.165, 1.54) is 14.1 Å². The Kier molecular flexibility index (Phi) is 5.46. The summed E-state index contributed by atoms with van der Waals surface area (Å²) in [5, 5.41) is 17.7. The molecule has 0 bridgehead atoms. The fourth-order valence-corrected chi connectivity index (χ4v) is 3.37. The molecule has 3 N–H and O–H groups in total. The molecule has 0 amide bonds. The molecule has 0 unspecified atom stereocenters. The number of hydrogen-bond acceptors (Lipinski definition) is 5. The predicted molar refractivity (Wildman–Crippen MR) is 83.8 cm³/mol. The van der Waals surface area contributed by atoms with E-state index >= 15 is 0 Å². The molecule has 22 heavy (non-hydrogen) atoms. The first kappa shape index (κ1) is 17.6. The monoisotopic (exact) mass is 351 g/mol. The van der Waals surface area contributed by atoms with Crippen LogP contribution in [0.1, 0.15) is 17.8 Å². The van der Waals surface area contributed by atoms with Crippen LogP contribution in [0.3, 0.4) is 0 Å². The second-order valence-corrected chi connectivity index (χ2v) is 8.01. The SMILES string of the molecule is Cc1[nH]nc(CN2CC[C@@H](NS(=O)(=O)N(C)C)[C@H](O)C2)c1Cl. The van der Waals surface area contributed by atoms with Gasteiger partial charge in [0.05, 0.1) is 28.6 Å². The van der Waals surface area contributed by atoms with Gasteiger partial charge in [-0.15, -0.1) is 0 Å². The predicted octanol–water partition coefficient (Wildman–Crippen LogP) is -0.297. The van der Waals surface area contributed by atoms with Crippen LogP contribution in [0.15, 0.2) is 0 Å². The van der Waals surface area contributed by atoms with Crippen LogP contribution in [-0.4, -0.2) is 72.3 Å². The van der Waals surface area contributed by atoms with Crippen LogP contribution in [0.5, 0.6) is 0 Å². The van der Waals surface area contributed by atoms with Gasteiger partial charge in [-0.2, -0.15) is 22.5 Å². The molecule has 1 fully saturated rings. The van der Waals surface area contributed by atoms with Crippen molar-refractivity contribution in [2.45, 2.75) is 32.0 Å². The van der Waals surface area contributed by atoms with Crippen molar-refractivity contribution in [3.05, 3.63) is 16.4 Å². The Morgan fingerprint density at radius 1 is 1.55 bits per heavy atom. The number of aryl methyl sites for hydroxylation is 1. The summed E-state index contributed by atoms with van der Waals surface area (Å²) in [6.45, 7) is 3.38. The molecule has 10 heteroatoms. The number of rotatable bonds is 5. The highest BCUT2D eigenvalue weighted by molar-refractivity contribution is 7.87. The summed E-state index contributed by atoms with van der Waals surface area (Å²) in [6, 6.07) is -0.486. The summed E-state index contributed by atoms with van der Waals surface area (Å²) in [5.74, 6) is 0. The molecular weight excluding hydrogens is 330 g/mol. The molecule has 1 saturated heterocycles. The number of aliphatic hydroxyl groups is 1. The van der Waals surface area contributed by atoms with Crippen LogP contribution in [0.4, 0.5) is 0 Å². The number of nitrogens with zero attached hydrogens (tertiary/aromatic N) is 3. The maximum absolute atomic E-state index is 11.8. The van der Waals surface area contributed by atoms with Crippen LogP contribution in [0.25, 0.3) is 0 Å². The summed E-state index contributed by atoms with van der Waals surface area (Å²) in [5.41, 5.74) is 1.55. The molecule has 1 aliphatic heterocycles. The first-order chi connectivity index (χ1) is 10.2. The van der Waals surface area contributed by atoms with Gasteiger partial charge < -0.3 is 5.11 Å². The molecule has 0 spiro atoms. The summed E-state index contributed by atoms with van der Waals surface area (Å²) < 4.78 is 27.3. The molecule has 2 atom stereocenters. The molecule has 2 heterocycles. The van der Waals surface area contributed by atoms with Gasteiger partial charge in [0.15, 0.2) is 0 Å². The second kappa shape index (κ2) is 6.81. The van der Waals surface area contributed by atoms with Crippen LogP contribution in [-0.2, 0) is 16.8 Å². The minimum atomic E-state index is -3.54. The number of aromatic nitrogens is 2. The van der Waals surface area contributed by atoms with E-state index in [1.54, 1.807) is 0 Å². The van der Waals surface area contributed by atoms with Gasteiger partial charge in [0, 0.05) is 33.7 Å². The van der Waals surface area contributed by atoms with Gasteiger partial charge in [-0.1, -0.05) is 11.6 Å². The van der Waals surface area contributed by atoms with Crippen molar-refractivity contribution < 1.29 is 13.5 Å². The van der Waals surface area contributed by atoms with E-state index in [0.29, 0.717) is 31.1 Å². The number of piperidine rings is 1. The van der Waals surface area contributed by atoms with Crippen molar-refractivity contribution in [1.82, 2.24) is 24.1 Å². The van der Waals surface area contributed by atoms with Crippen LogP contribution in [0, 0.1) is 6.92 Å². The van der Waals surface area contributed by atoms with E-state index < -0.39 is 22.4 Å². The van der Waals surface area contributed by atoms with Crippen molar-refractivity contribution in [1.29, 1.82) is 0 Å². The third-order valence-electron chi connectivity index (χ3n) is 3.76. The molecule has 1 aromatic rings. The van der Waals surface area contributed by atoms with Gasteiger partial charge in [0.2, 0.25) is 0 Å². The van der Waals surface area contributed by atoms with E-state index in [-0.39, 0.29) is 0 Å². The average Bonchev–Trinajstić information content (AvgIpc) is 2.73. The first-order valence-electron chi connectivity index (χ1n) is 7.00. The smallest absolute Gasteiger partial charge is 0.279 e. The van der Waals surface area contributed by atoms with Gasteiger partial charge in [0.1, 0.15) is 0 Å². The fraction of sp³-hybridized carbons (Fsp3) is 0.750. The standard InChI is InChI=1S/C12H22ClN5O3S/c1-8-12(13)10(15-14-8)6-18-5-4-9(11(19)7-18)16-22(20,21)17(2)3/h9,11,16,19H,4-7H2,1-3H3,(H,14,15)/t9-,11-/m1/s1. The van der Waals surface area contributed by atoms with E-state index in [2.05, 4.69) is 14.9 Å². The lowest BCUT2D eigenvalue weighted by atomic mass is 10.0. The van der Waals surface area contributed by atoms with E-state index in [1.807, 2.05) is 11.8 Å². The lowest BCUT2D eigenvalue weighted by Crippen LogP contribution is -2.55. The number of hydrogen-bond donors (Lipinski definition) is 3. The van der Waals surface area contributed by atoms with Gasteiger partial charge >= 0.3 is 0 Å².